The average Bonchev–Trinajstić information content (AvgIpc) is 2.60. The van der Waals surface area contributed by atoms with E-state index < -0.39 is 17.9 Å². The van der Waals surface area contributed by atoms with Crippen LogP contribution in [-0.4, -0.2) is 33.1 Å². The summed E-state index contributed by atoms with van der Waals surface area (Å²) in [5.41, 5.74) is 0.800. The lowest BCUT2D eigenvalue weighted by Gasteiger charge is -2.30. The SMILES string of the molecule is CCc1cc(Nc2cc(NC(C)=O)ncc2OC2CC(F)C2)nc(C(C)(F)F)n1. The Labute approximate surface area is 166 Å². The highest BCUT2D eigenvalue weighted by molar-refractivity contribution is 5.88. The minimum atomic E-state index is -3.21. The van der Waals surface area contributed by atoms with Gasteiger partial charge in [-0.2, -0.15) is 8.78 Å². The standard InChI is InChI=1S/C19H22F3N5O2/c1-4-12-7-17(27-18(25-12)19(3,21)22)26-14-8-16(24-10(2)28)23-9-15(14)29-13-5-11(20)6-13/h7-9,11,13H,4-6H2,1-3H3,(H2,23,24,25,26,27,28). The van der Waals surface area contributed by atoms with Crippen LogP contribution in [0.2, 0.25) is 0 Å². The van der Waals surface area contributed by atoms with Crippen LogP contribution in [0.4, 0.5) is 30.5 Å². The second kappa shape index (κ2) is 8.22. The molecule has 7 nitrogen and oxygen atoms in total. The highest BCUT2D eigenvalue weighted by Gasteiger charge is 2.32. The van der Waals surface area contributed by atoms with Gasteiger partial charge in [-0.3, -0.25) is 4.79 Å². The van der Waals surface area contributed by atoms with Crippen LogP contribution in [-0.2, 0) is 17.1 Å². The molecule has 0 radical (unpaired) electrons. The van der Waals surface area contributed by atoms with Crippen LogP contribution < -0.4 is 15.4 Å². The molecule has 1 saturated carbocycles. The topological polar surface area (TPSA) is 89.0 Å². The first-order valence-corrected chi connectivity index (χ1v) is 9.25. The summed E-state index contributed by atoms with van der Waals surface area (Å²) in [6.07, 6.45) is 1.17. The Morgan fingerprint density at radius 2 is 2.00 bits per heavy atom. The number of carbonyl (C=O) groups excluding carboxylic acids is 1. The first-order chi connectivity index (χ1) is 13.6. The van der Waals surface area contributed by atoms with Crippen molar-refractivity contribution >= 4 is 23.2 Å². The van der Waals surface area contributed by atoms with E-state index >= 15 is 0 Å². The summed E-state index contributed by atoms with van der Waals surface area (Å²) in [5.74, 6) is -3.43. The van der Waals surface area contributed by atoms with Gasteiger partial charge in [0.25, 0.3) is 0 Å². The molecule has 2 aromatic heterocycles. The van der Waals surface area contributed by atoms with E-state index in [-0.39, 0.29) is 36.5 Å². The number of alkyl halides is 3. The van der Waals surface area contributed by atoms with Crippen LogP contribution in [0.5, 0.6) is 5.75 Å². The Morgan fingerprint density at radius 1 is 1.28 bits per heavy atom. The van der Waals surface area contributed by atoms with Gasteiger partial charge in [-0.15, -0.1) is 0 Å². The fourth-order valence-electron chi connectivity index (χ4n) is 2.74. The number of ether oxygens (including phenoxy) is 1. The van der Waals surface area contributed by atoms with Gasteiger partial charge in [0.15, 0.2) is 5.75 Å². The van der Waals surface area contributed by atoms with E-state index in [0.29, 0.717) is 23.6 Å². The van der Waals surface area contributed by atoms with E-state index in [4.69, 9.17) is 4.74 Å². The summed E-state index contributed by atoms with van der Waals surface area (Å²) >= 11 is 0. The number of aryl methyl sites for hydroxylation is 1. The number of hydrogen-bond donors (Lipinski definition) is 2. The first-order valence-electron chi connectivity index (χ1n) is 9.25. The molecule has 0 atom stereocenters. The molecule has 10 heteroatoms. The van der Waals surface area contributed by atoms with Crippen molar-refractivity contribution in [2.75, 3.05) is 10.6 Å². The highest BCUT2D eigenvalue weighted by Crippen LogP contribution is 2.35. The Bertz CT molecular complexity index is 898. The zero-order valence-electron chi connectivity index (χ0n) is 16.3. The Hall–Kier alpha value is -2.91. The molecule has 1 aliphatic rings. The molecule has 0 bridgehead atoms. The number of anilines is 3. The largest absolute Gasteiger partial charge is 0.486 e. The zero-order chi connectivity index (χ0) is 21.2. The van der Waals surface area contributed by atoms with Gasteiger partial charge in [0, 0.05) is 44.5 Å². The molecule has 2 N–H and O–H groups in total. The molecule has 1 aliphatic carbocycles. The van der Waals surface area contributed by atoms with Crippen LogP contribution >= 0.6 is 0 Å². The molecule has 0 unspecified atom stereocenters. The van der Waals surface area contributed by atoms with Crippen molar-refractivity contribution in [3.63, 3.8) is 0 Å². The molecule has 3 rings (SSSR count). The molecule has 0 spiro atoms. The van der Waals surface area contributed by atoms with Gasteiger partial charge >= 0.3 is 5.92 Å². The fourth-order valence-corrected chi connectivity index (χ4v) is 2.74. The molecule has 0 aromatic carbocycles. The molecular weight excluding hydrogens is 387 g/mol. The van der Waals surface area contributed by atoms with Gasteiger partial charge in [-0.05, 0) is 6.42 Å². The summed E-state index contributed by atoms with van der Waals surface area (Å²) < 4.78 is 46.4. The minimum absolute atomic E-state index is 0.148. The summed E-state index contributed by atoms with van der Waals surface area (Å²) in [7, 11) is 0. The summed E-state index contributed by atoms with van der Waals surface area (Å²) in [4.78, 5) is 23.2. The Kier molecular flexibility index (Phi) is 5.90. The molecule has 1 amide bonds. The van der Waals surface area contributed by atoms with Gasteiger partial charge in [-0.1, -0.05) is 6.92 Å². The summed E-state index contributed by atoms with van der Waals surface area (Å²) in [6, 6.07) is 3.05. The van der Waals surface area contributed by atoms with Crippen LogP contribution in [0.25, 0.3) is 0 Å². The van der Waals surface area contributed by atoms with E-state index in [1.165, 1.54) is 19.2 Å². The lowest BCUT2D eigenvalue weighted by Crippen LogP contribution is -2.35. The second-order valence-electron chi connectivity index (χ2n) is 6.99. The predicted octanol–water partition coefficient (Wildman–Crippen LogP) is 4.13. The number of aromatic nitrogens is 3. The van der Waals surface area contributed by atoms with Gasteiger partial charge in [-0.25, -0.2) is 19.3 Å². The number of halogens is 3. The smallest absolute Gasteiger partial charge is 0.303 e. The van der Waals surface area contributed by atoms with E-state index in [9.17, 15) is 18.0 Å². The van der Waals surface area contributed by atoms with Crippen molar-refractivity contribution in [3.05, 3.63) is 29.8 Å². The maximum Gasteiger partial charge on any atom is 0.303 e. The van der Waals surface area contributed by atoms with Gasteiger partial charge < -0.3 is 15.4 Å². The minimum Gasteiger partial charge on any atom is -0.486 e. The predicted molar refractivity (Wildman–Crippen MR) is 101 cm³/mol. The number of nitrogens with zero attached hydrogens (tertiary/aromatic N) is 3. The lowest BCUT2D eigenvalue weighted by atomic mass is 9.94. The summed E-state index contributed by atoms with van der Waals surface area (Å²) in [5, 5.41) is 5.49. The fraction of sp³-hybridized carbons (Fsp3) is 0.474. The molecule has 0 aliphatic heterocycles. The van der Waals surface area contributed by atoms with E-state index in [0.717, 1.165) is 6.92 Å². The van der Waals surface area contributed by atoms with Crippen molar-refractivity contribution in [2.45, 2.75) is 58.2 Å². The zero-order valence-corrected chi connectivity index (χ0v) is 16.3. The molecule has 1 fully saturated rings. The van der Waals surface area contributed by atoms with Crippen LogP contribution in [0.1, 0.15) is 45.1 Å². The van der Waals surface area contributed by atoms with Crippen LogP contribution in [0.3, 0.4) is 0 Å². The number of carbonyl (C=O) groups is 1. The van der Waals surface area contributed by atoms with Crippen molar-refractivity contribution in [1.82, 2.24) is 15.0 Å². The van der Waals surface area contributed by atoms with Crippen molar-refractivity contribution < 1.29 is 22.7 Å². The Morgan fingerprint density at radius 3 is 2.59 bits per heavy atom. The average molecular weight is 409 g/mol. The number of pyridine rings is 1. The first kappa shape index (κ1) is 20.8. The van der Waals surface area contributed by atoms with E-state index in [1.54, 1.807) is 13.0 Å². The molecule has 156 valence electrons. The highest BCUT2D eigenvalue weighted by atomic mass is 19.3. The third-order valence-electron chi connectivity index (χ3n) is 4.30. The third-order valence-corrected chi connectivity index (χ3v) is 4.30. The summed E-state index contributed by atoms with van der Waals surface area (Å²) in [6.45, 7) is 3.86. The number of hydrogen-bond acceptors (Lipinski definition) is 6. The molecule has 2 aromatic rings. The van der Waals surface area contributed by atoms with Crippen LogP contribution in [0.15, 0.2) is 18.3 Å². The third kappa shape index (κ3) is 5.33. The lowest BCUT2D eigenvalue weighted by molar-refractivity contribution is -0.114. The van der Waals surface area contributed by atoms with Crippen molar-refractivity contribution in [1.29, 1.82) is 0 Å². The molecule has 2 heterocycles. The Balaban J connectivity index is 1.93. The van der Waals surface area contributed by atoms with E-state index in [1.807, 2.05) is 0 Å². The van der Waals surface area contributed by atoms with Crippen molar-refractivity contribution in [3.8, 4) is 5.75 Å². The monoisotopic (exact) mass is 409 g/mol. The van der Waals surface area contributed by atoms with Crippen molar-refractivity contribution in [2.24, 2.45) is 0 Å². The molecule has 0 saturated heterocycles. The number of amides is 1. The maximum absolute atomic E-state index is 13.8. The normalized spacial score (nSPS) is 18.7. The van der Waals surface area contributed by atoms with Crippen LogP contribution in [0, 0.1) is 0 Å². The van der Waals surface area contributed by atoms with E-state index in [2.05, 4.69) is 25.6 Å². The maximum atomic E-state index is 13.8. The number of rotatable bonds is 7. The molecular formula is C19H22F3N5O2. The second-order valence-corrected chi connectivity index (χ2v) is 6.99. The quantitative estimate of drug-likeness (QED) is 0.715. The number of nitrogens with one attached hydrogen (secondary N) is 2. The van der Waals surface area contributed by atoms with Gasteiger partial charge in [0.1, 0.15) is 23.9 Å². The van der Waals surface area contributed by atoms with Gasteiger partial charge in [0.05, 0.1) is 11.9 Å². The molecule has 29 heavy (non-hydrogen) atoms. The van der Waals surface area contributed by atoms with Gasteiger partial charge in [0.2, 0.25) is 11.7 Å².